The lowest BCUT2D eigenvalue weighted by Crippen LogP contribution is -2.23. The Kier molecular flexibility index (Phi) is 17.4. The van der Waals surface area contributed by atoms with Gasteiger partial charge in [0.1, 0.15) is 5.60 Å². The summed E-state index contributed by atoms with van der Waals surface area (Å²) in [6.07, 6.45) is 20.4. The Morgan fingerprint density at radius 1 is 0.615 bits per heavy atom. The van der Waals surface area contributed by atoms with Crippen LogP contribution in [0.1, 0.15) is 130 Å². The second-order valence-corrected chi connectivity index (χ2v) is 8.68. The third-order valence-corrected chi connectivity index (χ3v) is 4.68. The molecule has 0 amide bonds. The number of carbonyl (C=O) groups excluding carboxylic acids is 1. The van der Waals surface area contributed by atoms with Gasteiger partial charge in [0.25, 0.3) is 0 Å². The van der Waals surface area contributed by atoms with Crippen molar-refractivity contribution in [3.63, 3.8) is 0 Å². The molecule has 3 heteroatoms. The molecule has 0 aliphatic heterocycles. The summed E-state index contributed by atoms with van der Waals surface area (Å²) in [5.41, 5.74) is -0.354. The highest BCUT2D eigenvalue weighted by Crippen LogP contribution is 2.15. The lowest BCUT2D eigenvalue weighted by Gasteiger charge is -2.19. The van der Waals surface area contributed by atoms with Crippen LogP contribution in [-0.2, 0) is 9.53 Å². The highest BCUT2D eigenvalue weighted by Gasteiger charge is 2.15. The van der Waals surface area contributed by atoms with E-state index < -0.39 is 0 Å². The van der Waals surface area contributed by atoms with E-state index in [0.717, 1.165) is 25.7 Å². The van der Waals surface area contributed by atoms with Gasteiger partial charge in [-0.25, -0.2) is 0 Å². The number of esters is 1. The van der Waals surface area contributed by atoms with Gasteiger partial charge in [-0.1, -0.05) is 89.9 Å². The molecule has 0 aromatic rings. The normalized spacial score (nSPS) is 11.7. The Morgan fingerprint density at radius 2 is 0.923 bits per heavy atom. The van der Waals surface area contributed by atoms with Crippen molar-refractivity contribution < 1.29 is 13.9 Å². The van der Waals surface area contributed by atoms with Crippen molar-refractivity contribution in [2.75, 3.05) is 6.67 Å². The molecule has 0 saturated heterocycles. The largest absolute Gasteiger partial charge is 0.460 e. The fourth-order valence-electron chi connectivity index (χ4n) is 3.23. The molecule has 0 aliphatic rings. The number of hydrogen-bond donors (Lipinski definition) is 0. The molecule has 0 aromatic heterocycles. The molecular formula is C23H45FO2. The first-order valence-corrected chi connectivity index (χ1v) is 11.2. The lowest BCUT2D eigenvalue weighted by atomic mass is 10.0. The van der Waals surface area contributed by atoms with Gasteiger partial charge >= 0.3 is 5.97 Å². The second kappa shape index (κ2) is 17.8. The van der Waals surface area contributed by atoms with Crippen molar-refractivity contribution in [3.8, 4) is 0 Å². The maximum atomic E-state index is 11.9. The number of carbonyl (C=O) groups is 1. The van der Waals surface area contributed by atoms with Crippen molar-refractivity contribution in [2.45, 2.75) is 136 Å². The standard InChI is InChI=1S/C23H45FO2/c1-23(2,3)26-22(25)20-18-16-14-12-10-8-6-4-5-7-9-11-13-15-17-19-21-24/h4-21H2,1-3H3. The number of halogens is 1. The highest BCUT2D eigenvalue weighted by molar-refractivity contribution is 5.69. The van der Waals surface area contributed by atoms with Crippen LogP contribution in [-0.4, -0.2) is 18.2 Å². The smallest absolute Gasteiger partial charge is 0.306 e. The van der Waals surface area contributed by atoms with E-state index in [1.807, 2.05) is 20.8 Å². The zero-order chi connectivity index (χ0) is 19.5. The molecule has 0 rings (SSSR count). The summed E-state index contributed by atoms with van der Waals surface area (Å²) in [6, 6.07) is 0. The fourth-order valence-corrected chi connectivity index (χ4v) is 3.23. The summed E-state index contributed by atoms with van der Waals surface area (Å²) in [5, 5.41) is 0. The van der Waals surface area contributed by atoms with Crippen LogP contribution >= 0.6 is 0 Å². The molecule has 0 atom stereocenters. The van der Waals surface area contributed by atoms with Crippen molar-refractivity contribution in [2.24, 2.45) is 0 Å². The van der Waals surface area contributed by atoms with Crippen LogP contribution in [0, 0.1) is 0 Å². The van der Waals surface area contributed by atoms with Crippen LogP contribution in [0.4, 0.5) is 4.39 Å². The molecule has 0 N–H and O–H groups in total. The molecule has 0 bridgehead atoms. The van der Waals surface area contributed by atoms with E-state index in [1.165, 1.54) is 77.0 Å². The molecule has 0 saturated carbocycles. The van der Waals surface area contributed by atoms with E-state index in [-0.39, 0.29) is 18.2 Å². The van der Waals surface area contributed by atoms with Gasteiger partial charge in [-0.05, 0) is 33.6 Å². The molecule has 0 spiro atoms. The maximum Gasteiger partial charge on any atom is 0.306 e. The van der Waals surface area contributed by atoms with Crippen LogP contribution in [0.2, 0.25) is 0 Å². The van der Waals surface area contributed by atoms with E-state index in [4.69, 9.17) is 4.74 Å². The predicted octanol–water partition coefficient (Wildman–Crippen LogP) is 7.93. The van der Waals surface area contributed by atoms with Crippen LogP contribution in [0.5, 0.6) is 0 Å². The molecule has 0 heterocycles. The first kappa shape index (κ1) is 25.4. The van der Waals surface area contributed by atoms with Gasteiger partial charge in [-0.3, -0.25) is 9.18 Å². The molecule has 0 radical (unpaired) electrons. The third kappa shape index (κ3) is 21.4. The molecule has 0 fully saturated rings. The average Bonchev–Trinajstić information content (AvgIpc) is 2.56. The first-order valence-electron chi connectivity index (χ1n) is 11.2. The van der Waals surface area contributed by atoms with Gasteiger partial charge in [-0.2, -0.15) is 0 Å². The van der Waals surface area contributed by atoms with E-state index in [0.29, 0.717) is 6.42 Å². The molecular weight excluding hydrogens is 327 g/mol. The van der Waals surface area contributed by atoms with E-state index in [1.54, 1.807) is 0 Å². The Morgan fingerprint density at radius 3 is 1.23 bits per heavy atom. The average molecular weight is 373 g/mol. The fraction of sp³-hybridized carbons (Fsp3) is 0.957. The molecule has 0 aromatic carbocycles. The number of unbranched alkanes of at least 4 members (excludes halogenated alkanes) is 15. The summed E-state index contributed by atoms with van der Waals surface area (Å²) < 4.78 is 17.2. The molecule has 0 unspecified atom stereocenters. The van der Waals surface area contributed by atoms with Gasteiger partial charge in [0.2, 0.25) is 0 Å². The summed E-state index contributed by atoms with van der Waals surface area (Å²) in [6.45, 7) is 5.61. The topological polar surface area (TPSA) is 26.3 Å². The van der Waals surface area contributed by atoms with Crippen LogP contribution < -0.4 is 0 Å². The highest BCUT2D eigenvalue weighted by atomic mass is 19.1. The Balaban J connectivity index is 3.12. The summed E-state index contributed by atoms with van der Waals surface area (Å²) in [5.74, 6) is -0.0581. The first-order chi connectivity index (χ1) is 12.5. The lowest BCUT2D eigenvalue weighted by molar-refractivity contribution is -0.154. The van der Waals surface area contributed by atoms with Gasteiger partial charge in [-0.15, -0.1) is 0 Å². The SMILES string of the molecule is CC(C)(C)OC(=O)CCCCCCCCCCCCCCCCCCF. The summed E-state index contributed by atoms with van der Waals surface area (Å²) in [7, 11) is 0. The minimum atomic E-state index is -0.354. The number of ether oxygens (including phenoxy) is 1. The van der Waals surface area contributed by atoms with Gasteiger partial charge in [0.15, 0.2) is 0 Å². The van der Waals surface area contributed by atoms with Crippen molar-refractivity contribution in [1.29, 1.82) is 0 Å². The van der Waals surface area contributed by atoms with Crippen molar-refractivity contribution in [3.05, 3.63) is 0 Å². The zero-order valence-corrected chi connectivity index (χ0v) is 17.9. The van der Waals surface area contributed by atoms with Crippen LogP contribution in [0.25, 0.3) is 0 Å². The quantitative estimate of drug-likeness (QED) is 0.180. The van der Waals surface area contributed by atoms with Crippen molar-refractivity contribution in [1.82, 2.24) is 0 Å². The van der Waals surface area contributed by atoms with Crippen LogP contribution in [0.15, 0.2) is 0 Å². The number of hydrogen-bond acceptors (Lipinski definition) is 2. The molecule has 156 valence electrons. The Bertz CT molecular complexity index is 310. The maximum absolute atomic E-state index is 11.9. The number of alkyl halides is 1. The van der Waals surface area contributed by atoms with E-state index in [9.17, 15) is 9.18 Å². The Labute approximate surface area is 162 Å². The van der Waals surface area contributed by atoms with Crippen LogP contribution in [0.3, 0.4) is 0 Å². The molecule has 0 aliphatic carbocycles. The summed E-state index contributed by atoms with van der Waals surface area (Å²) >= 11 is 0. The van der Waals surface area contributed by atoms with E-state index >= 15 is 0 Å². The summed E-state index contributed by atoms with van der Waals surface area (Å²) in [4.78, 5) is 11.6. The predicted molar refractivity (Wildman–Crippen MR) is 110 cm³/mol. The zero-order valence-electron chi connectivity index (χ0n) is 17.9. The second-order valence-electron chi connectivity index (χ2n) is 8.68. The minimum Gasteiger partial charge on any atom is -0.460 e. The molecule has 2 nitrogen and oxygen atoms in total. The molecule has 26 heavy (non-hydrogen) atoms. The number of rotatable bonds is 18. The van der Waals surface area contributed by atoms with E-state index in [2.05, 4.69) is 0 Å². The Hall–Kier alpha value is -0.600. The van der Waals surface area contributed by atoms with Gasteiger partial charge < -0.3 is 4.74 Å². The van der Waals surface area contributed by atoms with Gasteiger partial charge in [0, 0.05) is 6.42 Å². The van der Waals surface area contributed by atoms with Crippen molar-refractivity contribution >= 4 is 5.97 Å². The van der Waals surface area contributed by atoms with Gasteiger partial charge in [0.05, 0.1) is 6.67 Å². The third-order valence-electron chi connectivity index (χ3n) is 4.68. The minimum absolute atomic E-state index is 0.0581. The monoisotopic (exact) mass is 372 g/mol.